The van der Waals surface area contributed by atoms with E-state index in [1.54, 1.807) is 0 Å². The molecule has 1 saturated heterocycles. The van der Waals surface area contributed by atoms with Gasteiger partial charge < -0.3 is 4.74 Å². The van der Waals surface area contributed by atoms with E-state index in [1.807, 2.05) is 30.3 Å². The SMILES string of the molecule is CCCC(C)(C(=O)c1ccccc1)C1CCCOC1. The van der Waals surface area contributed by atoms with Gasteiger partial charge in [0.25, 0.3) is 0 Å². The second-order valence-corrected chi connectivity index (χ2v) is 5.78. The van der Waals surface area contributed by atoms with E-state index >= 15 is 0 Å². The highest BCUT2D eigenvalue weighted by molar-refractivity contribution is 6.00. The summed E-state index contributed by atoms with van der Waals surface area (Å²) in [7, 11) is 0. The van der Waals surface area contributed by atoms with Gasteiger partial charge in [-0.1, -0.05) is 50.6 Å². The smallest absolute Gasteiger partial charge is 0.169 e. The second-order valence-electron chi connectivity index (χ2n) is 5.78. The van der Waals surface area contributed by atoms with E-state index in [4.69, 9.17) is 4.74 Å². The molecule has 1 fully saturated rings. The predicted octanol–water partition coefficient (Wildman–Crippen LogP) is 4.10. The Hall–Kier alpha value is -1.15. The number of rotatable bonds is 5. The van der Waals surface area contributed by atoms with E-state index in [0.717, 1.165) is 44.5 Å². The summed E-state index contributed by atoms with van der Waals surface area (Å²) in [5, 5.41) is 0. The molecule has 0 radical (unpaired) electrons. The molecule has 1 aliphatic heterocycles. The minimum Gasteiger partial charge on any atom is -0.381 e. The summed E-state index contributed by atoms with van der Waals surface area (Å²) >= 11 is 0. The molecule has 0 amide bonds. The maximum atomic E-state index is 12.9. The molecule has 1 aromatic carbocycles. The van der Waals surface area contributed by atoms with Crippen LogP contribution in [0.2, 0.25) is 0 Å². The number of hydrogen-bond acceptors (Lipinski definition) is 2. The molecule has 1 aliphatic rings. The van der Waals surface area contributed by atoms with E-state index in [0.29, 0.717) is 5.92 Å². The van der Waals surface area contributed by atoms with Crippen LogP contribution in [0.5, 0.6) is 0 Å². The molecule has 19 heavy (non-hydrogen) atoms. The van der Waals surface area contributed by atoms with Crippen LogP contribution >= 0.6 is 0 Å². The van der Waals surface area contributed by atoms with Crippen molar-refractivity contribution in [2.75, 3.05) is 13.2 Å². The van der Waals surface area contributed by atoms with Crippen molar-refractivity contribution in [1.29, 1.82) is 0 Å². The molecule has 0 N–H and O–H groups in total. The molecule has 2 nitrogen and oxygen atoms in total. The first-order chi connectivity index (χ1) is 9.18. The lowest BCUT2D eigenvalue weighted by molar-refractivity contribution is -0.000828. The highest BCUT2D eigenvalue weighted by Crippen LogP contribution is 2.40. The van der Waals surface area contributed by atoms with Gasteiger partial charge in [-0.05, 0) is 25.2 Å². The Labute approximate surface area is 116 Å². The van der Waals surface area contributed by atoms with Crippen molar-refractivity contribution < 1.29 is 9.53 Å². The summed E-state index contributed by atoms with van der Waals surface area (Å²) in [4.78, 5) is 12.9. The lowest BCUT2D eigenvalue weighted by Gasteiger charge is -2.38. The summed E-state index contributed by atoms with van der Waals surface area (Å²) in [5.74, 6) is 0.638. The number of carbonyl (C=O) groups excluding carboxylic acids is 1. The largest absolute Gasteiger partial charge is 0.381 e. The quantitative estimate of drug-likeness (QED) is 0.745. The van der Waals surface area contributed by atoms with Crippen LogP contribution in [-0.4, -0.2) is 19.0 Å². The van der Waals surface area contributed by atoms with Crippen molar-refractivity contribution >= 4 is 5.78 Å². The lowest BCUT2D eigenvalue weighted by atomic mass is 9.67. The number of Topliss-reactive ketones (excluding diaryl/α,β-unsaturated/α-hetero) is 1. The number of ether oxygens (including phenoxy) is 1. The lowest BCUT2D eigenvalue weighted by Crippen LogP contribution is -2.40. The molecule has 1 aromatic rings. The van der Waals surface area contributed by atoms with Crippen LogP contribution in [0.15, 0.2) is 30.3 Å². The molecule has 2 atom stereocenters. The summed E-state index contributed by atoms with van der Waals surface area (Å²) in [5.41, 5.74) is 0.556. The van der Waals surface area contributed by atoms with E-state index < -0.39 is 0 Å². The van der Waals surface area contributed by atoms with Gasteiger partial charge in [-0.3, -0.25) is 4.79 Å². The highest BCUT2D eigenvalue weighted by atomic mass is 16.5. The van der Waals surface area contributed by atoms with Gasteiger partial charge in [-0.2, -0.15) is 0 Å². The van der Waals surface area contributed by atoms with Gasteiger partial charge in [-0.25, -0.2) is 0 Å². The molecular weight excluding hydrogens is 236 g/mol. The van der Waals surface area contributed by atoms with Gasteiger partial charge in [0.05, 0.1) is 6.61 Å². The summed E-state index contributed by atoms with van der Waals surface area (Å²) in [6.45, 7) is 5.86. The topological polar surface area (TPSA) is 26.3 Å². The molecule has 0 aromatic heterocycles. The molecule has 0 saturated carbocycles. The zero-order valence-electron chi connectivity index (χ0n) is 12.0. The first kappa shape index (κ1) is 14.3. The zero-order chi connectivity index (χ0) is 13.7. The Kier molecular flexibility index (Phi) is 4.76. The summed E-state index contributed by atoms with van der Waals surface area (Å²) < 4.78 is 5.61. The van der Waals surface area contributed by atoms with Crippen LogP contribution in [0, 0.1) is 11.3 Å². The number of carbonyl (C=O) groups is 1. The number of hydrogen-bond donors (Lipinski definition) is 0. The molecule has 0 aliphatic carbocycles. The molecule has 0 spiro atoms. The van der Waals surface area contributed by atoms with Crippen molar-refractivity contribution in [2.24, 2.45) is 11.3 Å². The Bertz CT molecular complexity index is 407. The maximum Gasteiger partial charge on any atom is 0.169 e. The Morgan fingerprint density at radius 3 is 2.68 bits per heavy atom. The minimum absolute atomic E-state index is 0.281. The van der Waals surface area contributed by atoms with Gasteiger partial charge in [0.1, 0.15) is 0 Å². The van der Waals surface area contributed by atoms with Crippen LogP contribution in [0.25, 0.3) is 0 Å². The second kappa shape index (κ2) is 6.33. The minimum atomic E-state index is -0.281. The third-order valence-corrected chi connectivity index (χ3v) is 4.39. The Morgan fingerprint density at radius 2 is 2.11 bits per heavy atom. The van der Waals surface area contributed by atoms with E-state index in [9.17, 15) is 4.79 Å². The normalized spacial score (nSPS) is 22.7. The van der Waals surface area contributed by atoms with Crippen LogP contribution in [0.4, 0.5) is 0 Å². The van der Waals surface area contributed by atoms with Gasteiger partial charge in [0.15, 0.2) is 5.78 Å². The third-order valence-electron chi connectivity index (χ3n) is 4.39. The van der Waals surface area contributed by atoms with Crippen molar-refractivity contribution in [3.05, 3.63) is 35.9 Å². The predicted molar refractivity (Wildman–Crippen MR) is 77.3 cm³/mol. The zero-order valence-corrected chi connectivity index (χ0v) is 12.0. The first-order valence-corrected chi connectivity index (χ1v) is 7.36. The molecular formula is C17H24O2. The molecule has 2 heteroatoms. The molecule has 2 unspecified atom stereocenters. The molecule has 1 heterocycles. The highest BCUT2D eigenvalue weighted by Gasteiger charge is 2.41. The third kappa shape index (κ3) is 3.06. The monoisotopic (exact) mass is 260 g/mol. The van der Waals surface area contributed by atoms with Gasteiger partial charge in [0, 0.05) is 17.6 Å². The van der Waals surface area contributed by atoms with Gasteiger partial charge in [-0.15, -0.1) is 0 Å². The summed E-state index contributed by atoms with van der Waals surface area (Å²) in [6, 6.07) is 9.70. The van der Waals surface area contributed by atoms with Crippen LogP contribution in [0.1, 0.15) is 49.9 Å². The van der Waals surface area contributed by atoms with Crippen LogP contribution < -0.4 is 0 Å². The summed E-state index contributed by atoms with van der Waals surface area (Å²) in [6.07, 6.45) is 4.15. The van der Waals surface area contributed by atoms with Crippen molar-refractivity contribution in [3.8, 4) is 0 Å². The maximum absolute atomic E-state index is 12.9. The van der Waals surface area contributed by atoms with E-state index in [-0.39, 0.29) is 11.2 Å². The fraction of sp³-hybridized carbons (Fsp3) is 0.588. The fourth-order valence-corrected chi connectivity index (χ4v) is 3.18. The average molecular weight is 260 g/mol. The van der Waals surface area contributed by atoms with Crippen LogP contribution in [0.3, 0.4) is 0 Å². The molecule has 0 bridgehead atoms. The molecule has 2 rings (SSSR count). The number of benzene rings is 1. The Morgan fingerprint density at radius 1 is 1.37 bits per heavy atom. The average Bonchev–Trinajstić information content (AvgIpc) is 2.48. The van der Waals surface area contributed by atoms with Gasteiger partial charge >= 0.3 is 0 Å². The van der Waals surface area contributed by atoms with Crippen molar-refractivity contribution in [1.82, 2.24) is 0 Å². The number of ketones is 1. The van der Waals surface area contributed by atoms with E-state index in [2.05, 4.69) is 13.8 Å². The first-order valence-electron chi connectivity index (χ1n) is 7.36. The van der Waals surface area contributed by atoms with Crippen molar-refractivity contribution in [2.45, 2.75) is 39.5 Å². The van der Waals surface area contributed by atoms with Crippen molar-refractivity contribution in [3.63, 3.8) is 0 Å². The Balaban J connectivity index is 2.25. The van der Waals surface area contributed by atoms with E-state index in [1.165, 1.54) is 0 Å². The standard InChI is InChI=1S/C17H24O2/c1-3-11-17(2,15-10-7-12-19-13-15)16(18)14-8-5-4-6-9-14/h4-6,8-9,15H,3,7,10-13H2,1-2H3. The van der Waals surface area contributed by atoms with Crippen LogP contribution in [-0.2, 0) is 4.74 Å². The molecule has 104 valence electrons. The fourth-order valence-electron chi connectivity index (χ4n) is 3.18. The van der Waals surface area contributed by atoms with Gasteiger partial charge in [0.2, 0.25) is 0 Å².